The highest BCUT2D eigenvalue weighted by Gasteiger charge is 2.30. The van der Waals surface area contributed by atoms with Crippen molar-refractivity contribution in [1.82, 2.24) is 0 Å². The van der Waals surface area contributed by atoms with Crippen molar-refractivity contribution in [3.63, 3.8) is 0 Å². The van der Waals surface area contributed by atoms with Crippen LogP contribution >= 0.6 is 11.6 Å². The van der Waals surface area contributed by atoms with Gasteiger partial charge in [-0.2, -0.15) is 0 Å². The lowest BCUT2D eigenvalue weighted by Crippen LogP contribution is -2.25. The monoisotopic (exact) mass is 233 g/mol. The second kappa shape index (κ2) is 4.59. The first kappa shape index (κ1) is 11.0. The van der Waals surface area contributed by atoms with Gasteiger partial charge in [-0.3, -0.25) is 4.79 Å². The van der Waals surface area contributed by atoms with Crippen LogP contribution in [0.1, 0.15) is 12.0 Å². The van der Waals surface area contributed by atoms with Crippen LogP contribution in [0.5, 0.6) is 0 Å². The Balaban J connectivity index is 2.32. The molecule has 0 aliphatic carbocycles. The van der Waals surface area contributed by atoms with Crippen molar-refractivity contribution in [1.29, 1.82) is 0 Å². The Morgan fingerprint density at radius 3 is 2.88 bits per heavy atom. The van der Waals surface area contributed by atoms with E-state index in [4.69, 9.17) is 18.0 Å². The zero-order chi connectivity index (χ0) is 11.5. The molecule has 2 rings (SSSR count). The zero-order valence-electron chi connectivity index (χ0n) is 8.82. The molecule has 1 aromatic rings. The molecule has 1 saturated heterocycles. The first-order chi connectivity index (χ1) is 7.76. The number of hydrogen-bond donors (Lipinski definition) is 0. The van der Waals surface area contributed by atoms with E-state index in [1.807, 2.05) is 24.3 Å². The van der Waals surface area contributed by atoms with Crippen LogP contribution in [0.15, 0.2) is 24.3 Å². The summed E-state index contributed by atoms with van der Waals surface area (Å²) in [6, 6.07) is 7.48. The number of carbonyl (C=O) groups excluding carboxylic acids is 1. The predicted molar refractivity (Wildman–Crippen MR) is 65.6 cm³/mol. The minimum atomic E-state index is 0.105. The van der Waals surface area contributed by atoms with Crippen LogP contribution in [-0.2, 0) is 4.79 Å². The molecule has 82 valence electrons. The number of terminal acetylenes is 1. The van der Waals surface area contributed by atoms with Gasteiger partial charge in [-0.15, -0.1) is 18.0 Å². The number of benzene rings is 1. The lowest BCUT2D eigenvalue weighted by atomic mass is 10.1. The molecular weight excluding hydrogens is 222 g/mol. The van der Waals surface area contributed by atoms with E-state index in [1.54, 1.807) is 4.90 Å². The summed E-state index contributed by atoms with van der Waals surface area (Å²) in [5.74, 6) is 3.45. The Bertz CT molecular complexity index is 449. The molecule has 1 heterocycles. The molecule has 1 unspecified atom stereocenters. The van der Waals surface area contributed by atoms with E-state index in [9.17, 15) is 4.79 Å². The van der Waals surface area contributed by atoms with E-state index in [-0.39, 0.29) is 11.8 Å². The Hall–Kier alpha value is -1.46. The van der Waals surface area contributed by atoms with Crippen molar-refractivity contribution in [3.8, 4) is 12.3 Å². The molecule has 1 atom stereocenters. The molecule has 2 nitrogen and oxygen atoms in total. The highest BCUT2D eigenvalue weighted by molar-refractivity contribution is 6.18. The fraction of sp³-hybridized carbons (Fsp3) is 0.308. The van der Waals surface area contributed by atoms with Crippen LogP contribution in [0.3, 0.4) is 0 Å². The topological polar surface area (TPSA) is 20.3 Å². The van der Waals surface area contributed by atoms with Crippen LogP contribution in [0.25, 0.3) is 0 Å². The van der Waals surface area contributed by atoms with Gasteiger partial charge in [0.1, 0.15) is 0 Å². The maximum atomic E-state index is 11.8. The fourth-order valence-corrected chi connectivity index (χ4v) is 2.16. The summed E-state index contributed by atoms with van der Waals surface area (Å²) in [5.41, 5.74) is 1.58. The van der Waals surface area contributed by atoms with Gasteiger partial charge in [-0.05, 0) is 18.1 Å². The van der Waals surface area contributed by atoms with E-state index >= 15 is 0 Å². The third-order valence-corrected chi connectivity index (χ3v) is 3.21. The van der Waals surface area contributed by atoms with Crippen LogP contribution in [0.4, 0.5) is 5.69 Å². The number of carbonyl (C=O) groups is 1. The van der Waals surface area contributed by atoms with Gasteiger partial charge >= 0.3 is 0 Å². The smallest absolute Gasteiger partial charge is 0.227 e. The van der Waals surface area contributed by atoms with Crippen molar-refractivity contribution in [3.05, 3.63) is 29.8 Å². The molecule has 3 heteroatoms. The average molecular weight is 234 g/mol. The summed E-state index contributed by atoms with van der Waals surface area (Å²) in [5, 5.41) is 0. The van der Waals surface area contributed by atoms with E-state index in [1.165, 1.54) is 0 Å². The Morgan fingerprint density at radius 1 is 1.50 bits per heavy atom. The lowest BCUT2D eigenvalue weighted by molar-refractivity contribution is -0.117. The number of nitrogens with zero attached hydrogens (tertiary/aromatic N) is 1. The molecule has 1 aromatic carbocycles. The Morgan fingerprint density at radius 2 is 2.25 bits per heavy atom. The number of amides is 1. The molecule has 0 spiro atoms. The SMILES string of the molecule is C#Cc1ccccc1N1CC(CCl)CC1=O. The first-order valence-electron chi connectivity index (χ1n) is 5.18. The van der Waals surface area contributed by atoms with E-state index in [2.05, 4.69) is 5.92 Å². The fourth-order valence-electron chi connectivity index (χ4n) is 1.95. The van der Waals surface area contributed by atoms with Gasteiger partial charge in [0.05, 0.1) is 5.69 Å². The number of alkyl halides is 1. The molecule has 0 radical (unpaired) electrons. The Kier molecular flexibility index (Phi) is 3.17. The zero-order valence-corrected chi connectivity index (χ0v) is 9.57. The molecule has 0 saturated carbocycles. The second-order valence-corrected chi connectivity index (χ2v) is 4.20. The molecule has 1 aliphatic heterocycles. The van der Waals surface area contributed by atoms with Gasteiger partial charge in [0.25, 0.3) is 0 Å². The molecule has 0 aromatic heterocycles. The summed E-state index contributed by atoms with van der Waals surface area (Å²) in [7, 11) is 0. The highest BCUT2D eigenvalue weighted by atomic mass is 35.5. The minimum absolute atomic E-state index is 0.105. The quantitative estimate of drug-likeness (QED) is 0.567. The van der Waals surface area contributed by atoms with Crippen LogP contribution in [0, 0.1) is 18.3 Å². The lowest BCUT2D eigenvalue weighted by Gasteiger charge is -2.18. The minimum Gasteiger partial charge on any atom is -0.311 e. The van der Waals surface area contributed by atoms with Gasteiger partial charge in [-0.1, -0.05) is 18.1 Å². The van der Waals surface area contributed by atoms with Gasteiger partial charge < -0.3 is 4.90 Å². The maximum Gasteiger partial charge on any atom is 0.227 e. The predicted octanol–water partition coefficient (Wildman–Crippen LogP) is 2.26. The van der Waals surface area contributed by atoms with Crippen molar-refractivity contribution in [2.45, 2.75) is 6.42 Å². The maximum absolute atomic E-state index is 11.8. The van der Waals surface area contributed by atoms with Crippen molar-refractivity contribution in [2.24, 2.45) is 5.92 Å². The largest absolute Gasteiger partial charge is 0.311 e. The molecule has 1 aliphatic rings. The number of halogens is 1. The number of anilines is 1. The summed E-state index contributed by atoms with van der Waals surface area (Å²) in [6.45, 7) is 0.668. The molecule has 0 bridgehead atoms. The molecular formula is C13H12ClNO. The summed E-state index contributed by atoms with van der Waals surface area (Å²) in [6.07, 6.45) is 5.93. The van der Waals surface area contributed by atoms with Gasteiger partial charge in [0, 0.05) is 24.4 Å². The molecule has 1 fully saturated rings. The van der Waals surface area contributed by atoms with Gasteiger partial charge in [-0.25, -0.2) is 0 Å². The second-order valence-electron chi connectivity index (χ2n) is 3.89. The third kappa shape index (κ3) is 1.91. The van der Waals surface area contributed by atoms with Crippen molar-refractivity contribution in [2.75, 3.05) is 17.3 Å². The summed E-state index contributed by atoms with van der Waals surface area (Å²) >= 11 is 5.78. The normalized spacial score (nSPS) is 19.9. The molecule has 0 N–H and O–H groups in total. The van der Waals surface area contributed by atoms with E-state index in [0.717, 1.165) is 11.3 Å². The molecule has 1 amide bonds. The third-order valence-electron chi connectivity index (χ3n) is 2.77. The number of para-hydroxylation sites is 1. The number of hydrogen-bond acceptors (Lipinski definition) is 1. The average Bonchev–Trinajstić information content (AvgIpc) is 2.70. The van der Waals surface area contributed by atoms with Gasteiger partial charge in [0.2, 0.25) is 5.91 Å². The first-order valence-corrected chi connectivity index (χ1v) is 5.71. The van der Waals surface area contributed by atoms with Crippen molar-refractivity contribution >= 4 is 23.2 Å². The number of rotatable bonds is 2. The standard InChI is InChI=1S/C13H12ClNO/c1-2-11-5-3-4-6-12(11)15-9-10(8-14)7-13(15)16/h1,3-6,10H,7-9H2. The Labute approximate surface area is 100 Å². The van der Waals surface area contributed by atoms with Crippen LogP contribution in [0.2, 0.25) is 0 Å². The van der Waals surface area contributed by atoms with E-state index in [0.29, 0.717) is 18.8 Å². The molecule has 16 heavy (non-hydrogen) atoms. The van der Waals surface area contributed by atoms with Crippen LogP contribution in [-0.4, -0.2) is 18.3 Å². The van der Waals surface area contributed by atoms with Crippen LogP contribution < -0.4 is 4.90 Å². The van der Waals surface area contributed by atoms with E-state index < -0.39 is 0 Å². The highest BCUT2D eigenvalue weighted by Crippen LogP contribution is 2.28. The summed E-state index contributed by atoms with van der Waals surface area (Å²) in [4.78, 5) is 13.5. The van der Waals surface area contributed by atoms with Gasteiger partial charge in [0.15, 0.2) is 0 Å². The summed E-state index contributed by atoms with van der Waals surface area (Å²) < 4.78 is 0. The van der Waals surface area contributed by atoms with Crippen molar-refractivity contribution < 1.29 is 4.79 Å².